The van der Waals surface area contributed by atoms with E-state index in [1.54, 1.807) is 0 Å². The molecule has 1 atom stereocenters. The highest BCUT2D eigenvalue weighted by Crippen LogP contribution is 2.16. The molecule has 0 aliphatic carbocycles. The largest absolute Gasteiger partial charge is 0.462 e. The van der Waals surface area contributed by atoms with Gasteiger partial charge in [-0.25, -0.2) is 0 Å². The van der Waals surface area contributed by atoms with E-state index in [-0.39, 0.29) is 25.2 Å². The Morgan fingerprint density at radius 1 is 0.407 bits per heavy atom. The average Bonchev–Trinajstić information content (AvgIpc) is 3.24. The topological polar surface area (TPSA) is 72.8 Å². The van der Waals surface area contributed by atoms with Gasteiger partial charge in [-0.2, -0.15) is 0 Å². The fraction of sp³-hybridized carbons (Fsp3) is 0.778. The number of unbranched alkanes of at least 4 members (excludes halogenated alkanes) is 28. The van der Waals surface area contributed by atoms with Crippen molar-refractivity contribution in [1.29, 1.82) is 0 Å². The lowest BCUT2D eigenvalue weighted by atomic mass is 10.0. The maximum atomic E-state index is 12.3. The Morgan fingerprint density at radius 2 is 0.729 bits per heavy atom. The molecule has 1 unspecified atom stereocenters. The zero-order chi connectivity index (χ0) is 42.8. The van der Waals surface area contributed by atoms with Gasteiger partial charge in [0.15, 0.2) is 6.10 Å². The Balaban J connectivity index is 3.49. The van der Waals surface area contributed by atoms with Crippen LogP contribution in [0.2, 0.25) is 0 Å². The molecule has 0 heterocycles. The maximum absolute atomic E-state index is 12.3. The Kier molecular flexibility index (Phi) is 47.9. The first kappa shape index (κ1) is 56.6. The second kappa shape index (κ2) is 50.0. The lowest BCUT2D eigenvalue weighted by Crippen LogP contribution is -2.28. The molecule has 0 amide bonds. The predicted molar refractivity (Wildman–Crippen MR) is 256 cm³/mol. The molecule has 0 rings (SSSR count). The standard InChI is InChI=1S/C54H96O5/c1-3-5-7-9-11-13-15-17-19-21-22-23-24-25-26-27-28-29-30-31-32-33-35-37-39-41-43-45-47-49-54(57)59-52(50-55)51-58-53(56)48-46-44-42-40-38-36-34-20-18-16-14-12-10-8-6-4-2/h5,7,11,13,17,19,22-23,25-26,52,55H,3-4,6,8-10,12,14-16,18,20-21,24,27-51H2,1-2H3/b7-5-,13-11-,19-17-,23-22-,26-25-. The van der Waals surface area contributed by atoms with E-state index in [0.29, 0.717) is 12.8 Å². The molecular formula is C54H96O5. The van der Waals surface area contributed by atoms with Gasteiger partial charge in [0.2, 0.25) is 0 Å². The molecular weight excluding hydrogens is 729 g/mol. The van der Waals surface area contributed by atoms with E-state index >= 15 is 0 Å². The summed E-state index contributed by atoms with van der Waals surface area (Å²) in [4.78, 5) is 24.4. The van der Waals surface area contributed by atoms with E-state index in [9.17, 15) is 14.7 Å². The summed E-state index contributed by atoms with van der Waals surface area (Å²) in [6.45, 7) is 4.05. The van der Waals surface area contributed by atoms with Gasteiger partial charge in [-0.05, 0) is 57.8 Å². The van der Waals surface area contributed by atoms with Gasteiger partial charge in [0.05, 0.1) is 6.61 Å². The molecule has 0 aliphatic heterocycles. The predicted octanol–water partition coefficient (Wildman–Crippen LogP) is 16.7. The minimum atomic E-state index is -0.771. The highest BCUT2D eigenvalue weighted by Gasteiger charge is 2.16. The van der Waals surface area contributed by atoms with E-state index < -0.39 is 6.10 Å². The number of carbonyl (C=O) groups is 2. The SMILES string of the molecule is CC/C=C\C/C=C\C/C=C\C/C=C\C/C=C\CCCCCCCCCCCCCCCC(=O)OC(CO)COC(=O)CCCCCCCCCCCCCCCCCC. The number of aliphatic hydroxyl groups excluding tert-OH is 1. The summed E-state index contributed by atoms with van der Waals surface area (Å²) in [5.41, 5.74) is 0. The number of ether oxygens (including phenoxy) is 2. The number of hydrogen-bond donors (Lipinski definition) is 1. The fourth-order valence-electron chi connectivity index (χ4n) is 7.29. The zero-order valence-corrected chi connectivity index (χ0v) is 39.0. The first-order valence-corrected chi connectivity index (χ1v) is 25.3. The van der Waals surface area contributed by atoms with Crippen molar-refractivity contribution in [3.8, 4) is 0 Å². The number of carbonyl (C=O) groups excluding carboxylic acids is 2. The third kappa shape index (κ3) is 48.1. The van der Waals surface area contributed by atoms with Crippen molar-refractivity contribution in [2.75, 3.05) is 13.2 Å². The molecule has 0 spiro atoms. The van der Waals surface area contributed by atoms with Crippen LogP contribution in [0.15, 0.2) is 60.8 Å². The van der Waals surface area contributed by atoms with Gasteiger partial charge >= 0.3 is 11.9 Å². The summed E-state index contributed by atoms with van der Waals surface area (Å²) in [6.07, 6.45) is 66.0. The number of aliphatic hydroxyl groups is 1. The van der Waals surface area contributed by atoms with Gasteiger partial charge in [-0.3, -0.25) is 9.59 Å². The first-order chi connectivity index (χ1) is 29.1. The molecule has 0 aromatic heterocycles. The number of rotatable bonds is 46. The Morgan fingerprint density at radius 3 is 1.10 bits per heavy atom. The Labute approximate surface area is 366 Å². The summed E-state index contributed by atoms with van der Waals surface area (Å²) in [5.74, 6) is -0.583. The number of esters is 2. The number of allylic oxidation sites excluding steroid dienone is 10. The molecule has 0 saturated carbocycles. The summed E-state index contributed by atoms with van der Waals surface area (Å²) in [6, 6.07) is 0. The van der Waals surface area contributed by atoms with Gasteiger partial charge in [-0.15, -0.1) is 0 Å². The van der Waals surface area contributed by atoms with E-state index in [1.807, 2.05) is 0 Å². The molecule has 0 bridgehead atoms. The minimum absolute atomic E-state index is 0.0638. The van der Waals surface area contributed by atoms with Crippen molar-refractivity contribution >= 4 is 11.9 Å². The van der Waals surface area contributed by atoms with Crippen molar-refractivity contribution in [2.24, 2.45) is 0 Å². The highest BCUT2D eigenvalue weighted by molar-refractivity contribution is 5.70. The van der Waals surface area contributed by atoms with Crippen molar-refractivity contribution in [1.82, 2.24) is 0 Å². The summed E-state index contributed by atoms with van der Waals surface area (Å²) in [7, 11) is 0. The normalized spacial score (nSPS) is 12.7. The van der Waals surface area contributed by atoms with Crippen LogP contribution in [0, 0.1) is 0 Å². The van der Waals surface area contributed by atoms with Crippen molar-refractivity contribution in [3.63, 3.8) is 0 Å². The van der Waals surface area contributed by atoms with Gasteiger partial charge in [0.1, 0.15) is 6.61 Å². The smallest absolute Gasteiger partial charge is 0.306 e. The third-order valence-electron chi connectivity index (χ3n) is 11.1. The second-order valence-electron chi connectivity index (χ2n) is 16.9. The summed E-state index contributed by atoms with van der Waals surface area (Å²) in [5, 5.41) is 9.62. The molecule has 0 fully saturated rings. The monoisotopic (exact) mass is 825 g/mol. The van der Waals surface area contributed by atoms with Gasteiger partial charge in [0, 0.05) is 12.8 Å². The van der Waals surface area contributed by atoms with Crippen molar-refractivity contribution < 1.29 is 24.2 Å². The van der Waals surface area contributed by atoms with E-state index in [2.05, 4.69) is 74.6 Å². The van der Waals surface area contributed by atoms with Crippen LogP contribution >= 0.6 is 0 Å². The molecule has 5 heteroatoms. The van der Waals surface area contributed by atoms with Crippen LogP contribution in [0.3, 0.4) is 0 Å². The van der Waals surface area contributed by atoms with Gasteiger partial charge < -0.3 is 14.6 Å². The molecule has 0 aromatic rings. The minimum Gasteiger partial charge on any atom is -0.462 e. The zero-order valence-electron chi connectivity index (χ0n) is 39.0. The lowest BCUT2D eigenvalue weighted by Gasteiger charge is -2.15. The molecule has 342 valence electrons. The van der Waals surface area contributed by atoms with Crippen LogP contribution < -0.4 is 0 Å². The average molecular weight is 825 g/mol. The highest BCUT2D eigenvalue weighted by atomic mass is 16.6. The molecule has 1 N–H and O–H groups in total. The van der Waals surface area contributed by atoms with Crippen LogP contribution in [0.5, 0.6) is 0 Å². The number of hydrogen-bond acceptors (Lipinski definition) is 5. The van der Waals surface area contributed by atoms with Crippen LogP contribution in [0.25, 0.3) is 0 Å². The van der Waals surface area contributed by atoms with Crippen LogP contribution in [0.1, 0.15) is 251 Å². The second-order valence-corrected chi connectivity index (χ2v) is 16.9. The van der Waals surface area contributed by atoms with Crippen LogP contribution in [-0.2, 0) is 19.1 Å². The summed E-state index contributed by atoms with van der Waals surface area (Å²) >= 11 is 0. The molecule has 5 nitrogen and oxygen atoms in total. The van der Waals surface area contributed by atoms with Crippen molar-refractivity contribution in [2.45, 2.75) is 258 Å². The van der Waals surface area contributed by atoms with Gasteiger partial charge in [-0.1, -0.05) is 242 Å². The van der Waals surface area contributed by atoms with Gasteiger partial charge in [0.25, 0.3) is 0 Å². The summed E-state index contributed by atoms with van der Waals surface area (Å²) < 4.78 is 10.7. The van der Waals surface area contributed by atoms with E-state index in [0.717, 1.165) is 70.6 Å². The Hall–Kier alpha value is -2.40. The third-order valence-corrected chi connectivity index (χ3v) is 11.1. The fourth-order valence-corrected chi connectivity index (χ4v) is 7.29. The van der Waals surface area contributed by atoms with Crippen LogP contribution in [-0.4, -0.2) is 36.4 Å². The first-order valence-electron chi connectivity index (χ1n) is 25.3. The Bertz CT molecular complexity index is 1020. The van der Waals surface area contributed by atoms with E-state index in [1.165, 1.54) is 154 Å². The lowest BCUT2D eigenvalue weighted by molar-refractivity contribution is -0.161. The van der Waals surface area contributed by atoms with E-state index in [4.69, 9.17) is 9.47 Å². The van der Waals surface area contributed by atoms with Crippen LogP contribution in [0.4, 0.5) is 0 Å². The molecule has 0 aromatic carbocycles. The maximum Gasteiger partial charge on any atom is 0.306 e. The molecule has 0 aliphatic rings. The quantitative estimate of drug-likeness (QED) is 0.0376. The molecule has 0 radical (unpaired) electrons. The molecule has 59 heavy (non-hydrogen) atoms. The van der Waals surface area contributed by atoms with Crippen molar-refractivity contribution in [3.05, 3.63) is 60.8 Å². The molecule has 0 saturated heterocycles.